The Balaban J connectivity index is 2.57. The van der Waals surface area contributed by atoms with E-state index < -0.39 is 0 Å². The summed E-state index contributed by atoms with van der Waals surface area (Å²) in [5.74, 6) is 0. The zero-order chi connectivity index (χ0) is 11.3. The third kappa shape index (κ3) is 3.75. The lowest BCUT2D eigenvalue weighted by molar-refractivity contribution is 0.0344. The van der Waals surface area contributed by atoms with E-state index in [1.54, 1.807) is 19.5 Å². The summed E-state index contributed by atoms with van der Waals surface area (Å²) in [7, 11) is 3.59. The van der Waals surface area contributed by atoms with Gasteiger partial charge >= 0.3 is 0 Å². The highest BCUT2D eigenvalue weighted by molar-refractivity contribution is 5.53. The van der Waals surface area contributed by atoms with E-state index in [0.717, 1.165) is 17.9 Å². The molecular weight excluding hydrogens is 190 g/mol. The van der Waals surface area contributed by atoms with Gasteiger partial charge in [0.1, 0.15) is 0 Å². The second kappa shape index (κ2) is 4.98. The Bertz CT molecular complexity index is 312. The second-order valence-corrected chi connectivity index (χ2v) is 4.03. The van der Waals surface area contributed by atoms with Gasteiger partial charge in [-0.05, 0) is 19.9 Å². The minimum Gasteiger partial charge on any atom is -0.387 e. The normalized spacial score (nSPS) is 11.2. The van der Waals surface area contributed by atoms with Crippen LogP contribution < -0.4 is 10.6 Å². The molecule has 15 heavy (non-hydrogen) atoms. The Kier molecular flexibility index (Phi) is 3.91. The average molecular weight is 209 g/mol. The van der Waals surface area contributed by atoms with Crippen LogP contribution in [0, 0.1) is 0 Å². The van der Waals surface area contributed by atoms with Gasteiger partial charge in [-0.1, -0.05) is 0 Å². The molecule has 4 nitrogen and oxygen atoms in total. The maximum Gasteiger partial charge on any atom is 0.0794 e. The zero-order valence-corrected chi connectivity index (χ0v) is 9.79. The van der Waals surface area contributed by atoms with Gasteiger partial charge < -0.3 is 15.4 Å². The van der Waals surface area contributed by atoms with E-state index in [1.807, 2.05) is 27.0 Å². The third-order valence-corrected chi connectivity index (χ3v) is 2.30. The van der Waals surface area contributed by atoms with Crippen LogP contribution in [0.4, 0.5) is 11.4 Å². The smallest absolute Gasteiger partial charge is 0.0794 e. The molecule has 0 spiro atoms. The first kappa shape index (κ1) is 11.8. The molecule has 84 valence electrons. The molecule has 0 aliphatic carbocycles. The van der Waals surface area contributed by atoms with E-state index in [9.17, 15) is 0 Å². The van der Waals surface area contributed by atoms with Gasteiger partial charge in [0.2, 0.25) is 0 Å². The summed E-state index contributed by atoms with van der Waals surface area (Å²) in [5, 5.41) is 6.33. The summed E-state index contributed by atoms with van der Waals surface area (Å²) in [4.78, 5) is 4.12. The molecule has 1 aromatic heterocycles. The molecule has 0 bridgehead atoms. The first-order valence-electron chi connectivity index (χ1n) is 4.99. The van der Waals surface area contributed by atoms with Crippen molar-refractivity contribution in [2.45, 2.75) is 19.4 Å². The number of pyridine rings is 1. The molecule has 1 rings (SSSR count). The number of aromatic nitrogens is 1. The fourth-order valence-electron chi connectivity index (χ4n) is 1.06. The Morgan fingerprint density at radius 2 is 2.00 bits per heavy atom. The van der Waals surface area contributed by atoms with E-state index in [2.05, 4.69) is 15.6 Å². The van der Waals surface area contributed by atoms with Crippen LogP contribution >= 0.6 is 0 Å². The molecule has 0 aliphatic heterocycles. The Morgan fingerprint density at radius 3 is 2.60 bits per heavy atom. The highest BCUT2D eigenvalue weighted by atomic mass is 16.5. The van der Waals surface area contributed by atoms with Crippen LogP contribution in [0.15, 0.2) is 18.5 Å². The predicted molar refractivity (Wildman–Crippen MR) is 63.4 cm³/mol. The summed E-state index contributed by atoms with van der Waals surface area (Å²) in [5.41, 5.74) is 1.82. The van der Waals surface area contributed by atoms with E-state index in [1.165, 1.54) is 0 Å². The molecule has 0 amide bonds. The minimum atomic E-state index is -0.171. The topological polar surface area (TPSA) is 46.2 Å². The van der Waals surface area contributed by atoms with E-state index in [0.29, 0.717) is 0 Å². The molecule has 4 heteroatoms. The SMILES string of the molecule is CNc1cncc(NCC(C)(C)OC)c1. The lowest BCUT2D eigenvalue weighted by atomic mass is 10.1. The Labute approximate surface area is 91.1 Å². The molecule has 0 saturated heterocycles. The molecule has 1 aromatic rings. The largest absolute Gasteiger partial charge is 0.387 e. The van der Waals surface area contributed by atoms with Crippen molar-refractivity contribution in [1.29, 1.82) is 0 Å². The van der Waals surface area contributed by atoms with Crippen LogP contribution in [0.1, 0.15) is 13.8 Å². The van der Waals surface area contributed by atoms with Gasteiger partial charge in [-0.2, -0.15) is 0 Å². The second-order valence-electron chi connectivity index (χ2n) is 4.03. The van der Waals surface area contributed by atoms with Crippen LogP contribution in [0.2, 0.25) is 0 Å². The van der Waals surface area contributed by atoms with Crippen molar-refractivity contribution in [2.24, 2.45) is 0 Å². The van der Waals surface area contributed by atoms with Crippen molar-refractivity contribution in [1.82, 2.24) is 4.98 Å². The van der Waals surface area contributed by atoms with Gasteiger partial charge in [-0.15, -0.1) is 0 Å². The number of methoxy groups -OCH3 is 1. The van der Waals surface area contributed by atoms with Gasteiger partial charge in [0.05, 0.1) is 29.4 Å². The van der Waals surface area contributed by atoms with Gasteiger partial charge in [-0.3, -0.25) is 4.98 Å². The van der Waals surface area contributed by atoms with Gasteiger partial charge in [0, 0.05) is 20.7 Å². The zero-order valence-electron chi connectivity index (χ0n) is 9.79. The molecule has 0 aromatic carbocycles. The number of hydrogen-bond donors (Lipinski definition) is 2. The number of nitrogens with one attached hydrogen (secondary N) is 2. The summed E-state index contributed by atoms with van der Waals surface area (Å²) >= 11 is 0. The monoisotopic (exact) mass is 209 g/mol. The lowest BCUT2D eigenvalue weighted by Gasteiger charge is -2.23. The quantitative estimate of drug-likeness (QED) is 0.778. The summed E-state index contributed by atoms with van der Waals surface area (Å²) in [6.07, 6.45) is 3.58. The highest BCUT2D eigenvalue weighted by Crippen LogP contribution is 2.14. The molecule has 0 atom stereocenters. The number of ether oxygens (including phenoxy) is 1. The third-order valence-electron chi connectivity index (χ3n) is 2.30. The first-order valence-corrected chi connectivity index (χ1v) is 4.99. The van der Waals surface area contributed by atoms with E-state index >= 15 is 0 Å². The van der Waals surface area contributed by atoms with Gasteiger partial charge in [0.25, 0.3) is 0 Å². The van der Waals surface area contributed by atoms with Crippen LogP contribution in [0.3, 0.4) is 0 Å². The minimum absolute atomic E-state index is 0.171. The van der Waals surface area contributed by atoms with Crippen molar-refractivity contribution in [2.75, 3.05) is 31.3 Å². The number of nitrogens with zero attached hydrogens (tertiary/aromatic N) is 1. The Morgan fingerprint density at radius 1 is 1.33 bits per heavy atom. The molecule has 2 N–H and O–H groups in total. The predicted octanol–water partition coefficient (Wildman–Crippen LogP) is 1.96. The molecule has 0 unspecified atom stereocenters. The lowest BCUT2D eigenvalue weighted by Crippen LogP contribution is -2.32. The van der Waals surface area contributed by atoms with E-state index in [-0.39, 0.29) is 5.60 Å². The number of hydrogen-bond acceptors (Lipinski definition) is 4. The van der Waals surface area contributed by atoms with Crippen molar-refractivity contribution in [3.8, 4) is 0 Å². The number of rotatable bonds is 5. The van der Waals surface area contributed by atoms with Crippen LogP contribution in [0.5, 0.6) is 0 Å². The molecular formula is C11H19N3O. The molecule has 0 radical (unpaired) electrons. The van der Waals surface area contributed by atoms with Crippen LogP contribution in [-0.4, -0.2) is 31.3 Å². The molecule has 0 fully saturated rings. The van der Waals surface area contributed by atoms with E-state index in [4.69, 9.17) is 4.74 Å². The van der Waals surface area contributed by atoms with Crippen LogP contribution in [0.25, 0.3) is 0 Å². The summed E-state index contributed by atoms with van der Waals surface area (Å²) < 4.78 is 5.32. The molecule has 0 saturated carbocycles. The molecule has 1 heterocycles. The summed E-state index contributed by atoms with van der Waals surface area (Å²) in [6, 6.07) is 2.01. The number of anilines is 2. The fourth-order valence-corrected chi connectivity index (χ4v) is 1.06. The first-order chi connectivity index (χ1) is 7.07. The average Bonchev–Trinajstić information content (AvgIpc) is 2.27. The maximum absolute atomic E-state index is 5.32. The van der Waals surface area contributed by atoms with Crippen molar-refractivity contribution >= 4 is 11.4 Å². The van der Waals surface area contributed by atoms with Crippen molar-refractivity contribution in [3.63, 3.8) is 0 Å². The van der Waals surface area contributed by atoms with Gasteiger partial charge in [0.15, 0.2) is 0 Å². The maximum atomic E-state index is 5.32. The van der Waals surface area contributed by atoms with Crippen molar-refractivity contribution < 1.29 is 4.74 Å². The molecule has 0 aliphatic rings. The highest BCUT2D eigenvalue weighted by Gasteiger charge is 2.15. The fraction of sp³-hybridized carbons (Fsp3) is 0.545. The van der Waals surface area contributed by atoms with Crippen molar-refractivity contribution in [3.05, 3.63) is 18.5 Å². The standard InChI is InChI=1S/C11H19N3O/c1-11(2,15-4)8-14-10-5-9(12-3)6-13-7-10/h5-7,12,14H,8H2,1-4H3. The van der Waals surface area contributed by atoms with Gasteiger partial charge in [-0.25, -0.2) is 0 Å². The van der Waals surface area contributed by atoms with Crippen LogP contribution in [-0.2, 0) is 4.74 Å². The Hall–Kier alpha value is -1.29. The summed E-state index contributed by atoms with van der Waals surface area (Å²) in [6.45, 7) is 4.82.